The van der Waals surface area contributed by atoms with Crippen molar-refractivity contribution in [1.29, 1.82) is 0 Å². The van der Waals surface area contributed by atoms with Gasteiger partial charge in [0.25, 0.3) is 0 Å². The summed E-state index contributed by atoms with van der Waals surface area (Å²) in [6.45, 7) is 0. The predicted octanol–water partition coefficient (Wildman–Crippen LogP) is 3.13. The third-order valence-corrected chi connectivity index (χ3v) is 5.24. The van der Waals surface area contributed by atoms with Crippen molar-refractivity contribution in [2.45, 2.75) is 50.7 Å². The van der Waals surface area contributed by atoms with E-state index in [-0.39, 0.29) is 17.6 Å². The summed E-state index contributed by atoms with van der Waals surface area (Å²) in [5.74, 6) is 2.32. The Morgan fingerprint density at radius 2 is 1.52 bits per heavy atom. The molecule has 0 aliphatic heterocycles. The molecule has 0 heterocycles. The minimum atomic E-state index is 0.189. The third-order valence-electron chi connectivity index (χ3n) is 5.24. The molecular formula is C17H25NO3. The summed E-state index contributed by atoms with van der Waals surface area (Å²) in [6.07, 6.45) is 7.43. The molecule has 1 spiro atoms. The van der Waals surface area contributed by atoms with Crippen molar-refractivity contribution < 1.29 is 14.2 Å². The van der Waals surface area contributed by atoms with Crippen LogP contribution >= 0.6 is 0 Å². The van der Waals surface area contributed by atoms with Crippen LogP contribution in [0.5, 0.6) is 17.2 Å². The van der Waals surface area contributed by atoms with Crippen LogP contribution in [0.15, 0.2) is 18.2 Å². The number of benzene rings is 1. The number of methoxy groups -OCH3 is 2. The Hall–Kier alpha value is -1.42. The van der Waals surface area contributed by atoms with E-state index in [1.54, 1.807) is 14.2 Å². The zero-order chi connectivity index (χ0) is 14.9. The van der Waals surface area contributed by atoms with E-state index >= 15 is 0 Å². The van der Waals surface area contributed by atoms with E-state index in [0.29, 0.717) is 0 Å². The monoisotopic (exact) mass is 291 g/mol. The summed E-state index contributed by atoms with van der Waals surface area (Å²) in [7, 11) is 3.31. The highest BCUT2D eigenvalue weighted by atomic mass is 16.5. The zero-order valence-electron chi connectivity index (χ0n) is 12.9. The van der Waals surface area contributed by atoms with E-state index in [4.69, 9.17) is 19.9 Å². The maximum atomic E-state index is 6.32. The molecule has 2 atom stereocenters. The lowest BCUT2D eigenvalue weighted by atomic mass is 9.55. The molecule has 2 fully saturated rings. The molecule has 0 amide bonds. The van der Waals surface area contributed by atoms with Gasteiger partial charge in [0, 0.05) is 36.1 Å². The Bertz CT molecular complexity index is 475. The summed E-state index contributed by atoms with van der Waals surface area (Å²) in [4.78, 5) is 0. The lowest BCUT2D eigenvalue weighted by Crippen LogP contribution is -2.64. The minimum absolute atomic E-state index is 0.189. The zero-order valence-corrected chi connectivity index (χ0v) is 12.9. The van der Waals surface area contributed by atoms with Crippen LogP contribution in [0, 0.1) is 5.41 Å². The normalized spacial score (nSPS) is 27.0. The van der Waals surface area contributed by atoms with Gasteiger partial charge in [-0.25, -0.2) is 0 Å². The van der Waals surface area contributed by atoms with Crippen LogP contribution in [0.3, 0.4) is 0 Å². The molecule has 4 nitrogen and oxygen atoms in total. The quantitative estimate of drug-likeness (QED) is 0.926. The molecule has 2 aliphatic carbocycles. The van der Waals surface area contributed by atoms with Crippen molar-refractivity contribution in [1.82, 2.24) is 0 Å². The van der Waals surface area contributed by atoms with Crippen LogP contribution in [0.1, 0.15) is 38.5 Å². The number of rotatable bonds is 4. The molecule has 2 N–H and O–H groups in total. The van der Waals surface area contributed by atoms with Gasteiger partial charge in [-0.05, 0) is 12.8 Å². The summed E-state index contributed by atoms with van der Waals surface area (Å²) < 4.78 is 16.9. The maximum Gasteiger partial charge on any atom is 0.127 e. The molecule has 2 aliphatic rings. The van der Waals surface area contributed by atoms with Crippen molar-refractivity contribution in [3.05, 3.63) is 18.2 Å². The first-order chi connectivity index (χ1) is 10.2. The Labute approximate surface area is 126 Å². The summed E-state index contributed by atoms with van der Waals surface area (Å²) in [5, 5.41) is 0. The van der Waals surface area contributed by atoms with E-state index in [9.17, 15) is 0 Å². The van der Waals surface area contributed by atoms with Gasteiger partial charge >= 0.3 is 0 Å². The van der Waals surface area contributed by atoms with E-state index in [2.05, 4.69) is 0 Å². The minimum Gasteiger partial charge on any atom is -0.496 e. The maximum absolute atomic E-state index is 6.32. The number of ether oxygens (including phenoxy) is 3. The van der Waals surface area contributed by atoms with Crippen LogP contribution < -0.4 is 19.9 Å². The van der Waals surface area contributed by atoms with Gasteiger partial charge in [-0.1, -0.05) is 19.3 Å². The van der Waals surface area contributed by atoms with Gasteiger partial charge in [0.05, 0.1) is 14.2 Å². The molecule has 21 heavy (non-hydrogen) atoms. The molecule has 0 bridgehead atoms. The van der Waals surface area contributed by atoms with E-state index < -0.39 is 0 Å². The van der Waals surface area contributed by atoms with E-state index in [1.807, 2.05) is 18.2 Å². The van der Waals surface area contributed by atoms with Crippen molar-refractivity contribution in [3.8, 4) is 17.2 Å². The fraction of sp³-hybridized carbons (Fsp3) is 0.647. The molecule has 1 aromatic carbocycles. The first kappa shape index (κ1) is 14.5. The Balaban J connectivity index is 1.77. The topological polar surface area (TPSA) is 53.7 Å². The Morgan fingerprint density at radius 1 is 0.952 bits per heavy atom. The van der Waals surface area contributed by atoms with Crippen LogP contribution in [-0.2, 0) is 0 Å². The Morgan fingerprint density at radius 3 is 2.05 bits per heavy atom. The summed E-state index contributed by atoms with van der Waals surface area (Å²) >= 11 is 0. The highest BCUT2D eigenvalue weighted by molar-refractivity contribution is 5.42. The van der Waals surface area contributed by atoms with Crippen LogP contribution in [0.2, 0.25) is 0 Å². The van der Waals surface area contributed by atoms with Gasteiger partial charge in [0.15, 0.2) is 0 Å². The van der Waals surface area contributed by atoms with Gasteiger partial charge in [0.1, 0.15) is 23.4 Å². The smallest absolute Gasteiger partial charge is 0.127 e. The van der Waals surface area contributed by atoms with Crippen molar-refractivity contribution in [2.24, 2.45) is 11.1 Å². The first-order valence-corrected chi connectivity index (χ1v) is 7.83. The van der Waals surface area contributed by atoms with Crippen LogP contribution in [0.4, 0.5) is 0 Å². The largest absolute Gasteiger partial charge is 0.496 e. The second-order valence-corrected chi connectivity index (χ2v) is 6.29. The second kappa shape index (κ2) is 5.76. The van der Waals surface area contributed by atoms with Gasteiger partial charge in [-0.15, -0.1) is 0 Å². The highest BCUT2D eigenvalue weighted by Gasteiger charge is 2.54. The molecule has 3 rings (SSSR count). The number of nitrogens with two attached hydrogens (primary N) is 1. The van der Waals surface area contributed by atoms with E-state index in [1.165, 1.54) is 32.1 Å². The SMILES string of the molecule is COc1cc(OC)cc(OC2CC(N)C23CCCCC3)c1. The second-order valence-electron chi connectivity index (χ2n) is 6.29. The first-order valence-electron chi connectivity index (χ1n) is 7.83. The van der Waals surface area contributed by atoms with Crippen molar-refractivity contribution in [3.63, 3.8) is 0 Å². The molecule has 0 radical (unpaired) electrons. The van der Waals surface area contributed by atoms with Crippen molar-refractivity contribution in [2.75, 3.05) is 14.2 Å². The van der Waals surface area contributed by atoms with Gasteiger partial charge < -0.3 is 19.9 Å². The van der Waals surface area contributed by atoms with E-state index in [0.717, 1.165) is 23.7 Å². The molecule has 4 heteroatoms. The molecule has 1 aromatic rings. The predicted molar refractivity (Wildman–Crippen MR) is 82.1 cm³/mol. The molecule has 2 saturated carbocycles. The average molecular weight is 291 g/mol. The summed E-state index contributed by atoms with van der Waals surface area (Å²) in [6, 6.07) is 5.98. The molecule has 0 saturated heterocycles. The van der Waals surface area contributed by atoms with Crippen LogP contribution in [0.25, 0.3) is 0 Å². The summed E-state index contributed by atoms with van der Waals surface area (Å²) in [5.41, 5.74) is 6.50. The van der Waals surface area contributed by atoms with Gasteiger partial charge in [-0.2, -0.15) is 0 Å². The standard InChI is InChI=1S/C17H25NO3/c1-19-12-8-13(20-2)10-14(9-12)21-16-11-15(18)17(16)6-4-3-5-7-17/h8-10,15-16H,3-7,11,18H2,1-2H3. The molecular weight excluding hydrogens is 266 g/mol. The fourth-order valence-corrected chi connectivity index (χ4v) is 3.86. The van der Waals surface area contributed by atoms with Crippen molar-refractivity contribution >= 4 is 0 Å². The molecule has 0 aromatic heterocycles. The molecule has 116 valence electrons. The Kier molecular flexibility index (Phi) is 3.98. The van der Waals surface area contributed by atoms with Crippen LogP contribution in [-0.4, -0.2) is 26.4 Å². The van der Waals surface area contributed by atoms with Gasteiger partial charge in [-0.3, -0.25) is 0 Å². The lowest BCUT2D eigenvalue weighted by molar-refractivity contribution is -0.0899. The fourth-order valence-electron chi connectivity index (χ4n) is 3.86. The number of hydrogen-bond acceptors (Lipinski definition) is 4. The molecule has 2 unspecified atom stereocenters. The van der Waals surface area contributed by atoms with Gasteiger partial charge in [0.2, 0.25) is 0 Å². The number of hydrogen-bond donors (Lipinski definition) is 1. The lowest BCUT2D eigenvalue weighted by Gasteiger charge is -2.56. The third kappa shape index (κ3) is 2.57. The highest BCUT2D eigenvalue weighted by Crippen LogP contribution is 2.52. The average Bonchev–Trinajstić information content (AvgIpc) is 2.55.